The second kappa shape index (κ2) is 5.28. The van der Waals surface area contributed by atoms with Crippen LogP contribution in [0.5, 0.6) is 0 Å². The monoisotopic (exact) mass is 161 g/mol. The van der Waals surface area contributed by atoms with Crippen LogP contribution < -0.4 is 5.32 Å². The molecule has 0 aromatic heterocycles. The van der Waals surface area contributed by atoms with Gasteiger partial charge in [0.2, 0.25) is 6.41 Å². The minimum absolute atomic E-state index is 0.191. The van der Waals surface area contributed by atoms with Crippen molar-refractivity contribution in [1.82, 2.24) is 5.32 Å². The molecule has 0 fully saturated rings. The summed E-state index contributed by atoms with van der Waals surface area (Å²) in [7, 11) is 0. The summed E-state index contributed by atoms with van der Waals surface area (Å²) in [5.74, 6) is -0.762. The predicted octanol–water partition coefficient (Wildman–Crippen LogP) is -0.305. The van der Waals surface area contributed by atoms with Gasteiger partial charge in [-0.15, -0.1) is 0 Å². The molecule has 0 aliphatic rings. The zero-order valence-electron chi connectivity index (χ0n) is 6.03. The molecule has 0 aliphatic heterocycles. The van der Waals surface area contributed by atoms with E-state index in [1.165, 1.54) is 0 Å². The topological polar surface area (TPSA) is 75.6 Å². The molecule has 1 amide bonds. The van der Waals surface area contributed by atoms with Crippen LogP contribution in [-0.2, 0) is 14.3 Å². The van der Waals surface area contributed by atoms with Gasteiger partial charge in [0, 0.05) is 0 Å². The standard InChI is InChI=1S/C6H9NO4/c1-2-11-6(10)5(3-8)7-4-9/h3-4,8H,2H2,1H3,(H,7,9)/b5-3+/i5+1,6+1. The number of rotatable bonds is 4. The van der Waals surface area contributed by atoms with Gasteiger partial charge in [0.25, 0.3) is 0 Å². The van der Waals surface area contributed by atoms with Crippen molar-refractivity contribution < 1.29 is 19.4 Å². The molecule has 62 valence electrons. The Balaban J connectivity index is 4.04. The molecule has 2 N–H and O–H groups in total. The summed E-state index contributed by atoms with van der Waals surface area (Å²) in [6.45, 7) is 1.81. The molecular formula is C6H9NO4. The smallest absolute Gasteiger partial charge is 0.358 e. The largest absolute Gasteiger partial charge is 0.513 e. The molecule has 0 atom stereocenters. The molecule has 0 aromatic carbocycles. The van der Waals surface area contributed by atoms with E-state index in [2.05, 4.69) is 4.74 Å². The van der Waals surface area contributed by atoms with E-state index in [4.69, 9.17) is 5.11 Å². The summed E-state index contributed by atoms with van der Waals surface area (Å²) in [6, 6.07) is 0. The second-order valence-corrected chi connectivity index (χ2v) is 1.53. The number of hydrogen-bond acceptors (Lipinski definition) is 4. The Labute approximate surface area is 63.7 Å². The molecule has 0 rings (SSSR count). The lowest BCUT2D eigenvalue weighted by Crippen LogP contribution is -2.20. The molecule has 0 radical (unpaired) electrons. The fraction of sp³-hybridized carbons (Fsp3) is 0.333. The zero-order chi connectivity index (χ0) is 8.69. The van der Waals surface area contributed by atoms with E-state index in [-0.39, 0.29) is 18.7 Å². The maximum absolute atomic E-state index is 10.7. The highest BCUT2D eigenvalue weighted by Gasteiger charge is 2.08. The van der Waals surface area contributed by atoms with Crippen LogP contribution in [0.3, 0.4) is 0 Å². The highest BCUT2D eigenvalue weighted by Crippen LogP contribution is 1.90. The van der Waals surface area contributed by atoms with Crippen LogP contribution in [0.2, 0.25) is 0 Å². The first-order valence-electron chi connectivity index (χ1n) is 2.98. The number of esters is 1. The average molecular weight is 161 g/mol. The predicted molar refractivity (Wildman–Crippen MR) is 36.5 cm³/mol. The van der Waals surface area contributed by atoms with Gasteiger partial charge in [-0.3, -0.25) is 4.79 Å². The molecule has 0 spiro atoms. The number of carbonyl (C=O) groups is 2. The van der Waals surface area contributed by atoms with Crippen LogP contribution in [0, 0.1) is 0 Å². The van der Waals surface area contributed by atoms with E-state index in [1.807, 2.05) is 5.32 Å². The number of hydrogen-bond donors (Lipinski definition) is 2. The lowest BCUT2D eigenvalue weighted by molar-refractivity contribution is -0.139. The molecule has 5 nitrogen and oxygen atoms in total. The van der Waals surface area contributed by atoms with Crippen LogP contribution >= 0.6 is 0 Å². The Morgan fingerprint density at radius 2 is 2.36 bits per heavy atom. The van der Waals surface area contributed by atoms with E-state index in [0.717, 1.165) is 0 Å². The number of aliphatic hydroxyl groups is 1. The van der Waals surface area contributed by atoms with Crippen LogP contribution in [0.15, 0.2) is 12.0 Å². The maximum Gasteiger partial charge on any atom is 0.358 e. The summed E-state index contributed by atoms with van der Waals surface area (Å²) in [4.78, 5) is 20.5. The highest BCUT2D eigenvalue weighted by atomic mass is 16.6. The van der Waals surface area contributed by atoms with E-state index in [1.54, 1.807) is 6.92 Å². The molecule has 0 aromatic rings. The Hall–Kier alpha value is -1.52. The van der Waals surface area contributed by atoms with Gasteiger partial charge in [0.15, 0.2) is 5.70 Å². The van der Waals surface area contributed by atoms with Gasteiger partial charge in [-0.2, -0.15) is 0 Å². The summed E-state index contributed by atoms with van der Waals surface area (Å²) in [5, 5.41) is 10.3. The van der Waals surface area contributed by atoms with Crippen molar-refractivity contribution in [2.45, 2.75) is 6.92 Å². The van der Waals surface area contributed by atoms with Gasteiger partial charge in [-0.1, -0.05) is 0 Å². The van der Waals surface area contributed by atoms with Crippen LogP contribution in [0.4, 0.5) is 0 Å². The summed E-state index contributed by atoms with van der Waals surface area (Å²) < 4.78 is 4.46. The quantitative estimate of drug-likeness (QED) is 0.195. The van der Waals surface area contributed by atoms with E-state index in [0.29, 0.717) is 6.26 Å². The SMILES string of the molecule is CCO[13C](=O)/[13C](=C\O)NC=O. The Morgan fingerprint density at radius 3 is 2.73 bits per heavy atom. The number of nitrogens with one attached hydrogen (secondary N) is 1. The van der Waals surface area contributed by atoms with Gasteiger partial charge in [0.05, 0.1) is 6.61 Å². The van der Waals surface area contributed by atoms with Crippen LogP contribution in [-0.4, -0.2) is 24.1 Å². The summed E-state index contributed by atoms with van der Waals surface area (Å²) in [6.07, 6.45) is 0.755. The normalized spacial score (nSPS) is 10.5. The van der Waals surface area contributed by atoms with Crippen LogP contribution in [0.1, 0.15) is 6.92 Å². The van der Waals surface area contributed by atoms with Crippen LogP contribution in [0.25, 0.3) is 0 Å². The first-order valence-corrected chi connectivity index (χ1v) is 2.98. The van der Waals surface area contributed by atoms with Gasteiger partial charge in [0.1, 0.15) is 6.26 Å². The first kappa shape index (κ1) is 9.48. The molecule has 0 unspecified atom stereocenters. The van der Waals surface area contributed by atoms with Crippen molar-refractivity contribution in [3.05, 3.63) is 12.0 Å². The Kier molecular flexibility index (Phi) is 4.55. The summed E-state index contributed by atoms with van der Waals surface area (Å²) in [5.41, 5.74) is -0.276. The average Bonchev–Trinajstić information content (AvgIpc) is 2.00. The van der Waals surface area contributed by atoms with E-state index >= 15 is 0 Å². The molecule has 0 saturated heterocycles. The Morgan fingerprint density at radius 1 is 1.73 bits per heavy atom. The van der Waals surface area contributed by atoms with Gasteiger partial charge < -0.3 is 15.2 Å². The van der Waals surface area contributed by atoms with Crippen molar-refractivity contribution in [3.8, 4) is 0 Å². The van der Waals surface area contributed by atoms with E-state index < -0.39 is 5.97 Å². The minimum Gasteiger partial charge on any atom is -0.513 e. The number of amides is 1. The number of carbonyl (C=O) groups excluding carboxylic acids is 2. The molecule has 0 heterocycles. The minimum atomic E-state index is -0.762. The third kappa shape index (κ3) is 3.24. The lowest BCUT2D eigenvalue weighted by atomic mass is 10.9. The third-order valence-electron chi connectivity index (χ3n) is 0.839. The first-order chi connectivity index (χ1) is 5.26. The second-order valence-electron chi connectivity index (χ2n) is 1.53. The van der Waals surface area contributed by atoms with Crippen molar-refractivity contribution >= 4 is 12.4 Å². The van der Waals surface area contributed by atoms with Crippen molar-refractivity contribution in [2.75, 3.05) is 6.61 Å². The number of ether oxygens (including phenoxy) is 1. The molecule has 0 bridgehead atoms. The van der Waals surface area contributed by atoms with Crippen molar-refractivity contribution in [1.29, 1.82) is 0 Å². The summed E-state index contributed by atoms with van der Waals surface area (Å²) >= 11 is 0. The molecule has 5 heteroatoms. The molecule has 0 aliphatic carbocycles. The molecule has 11 heavy (non-hydrogen) atoms. The van der Waals surface area contributed by atoms with E-state index in [9.17, 15) is 9.59 Å². The number of aliphatic hydroxyl groups excluding tert-OH is 1. The van der Waals surface area contributed by atoms with Gasteiger partial charge >= 0.3 is 5.97 Å². The zero-order valence-corrected chi connectivity index (χ0v) is 6.03. The Bertz CT molecular complexity index is 175. The van der Waals surface area contributed by atoms with Gasteiger partial charge in [-0.25, -0.2) is 4.79 Å². The van der Waals surface area contributed by atoms with Crippen molar-refractivity contribution in [3.63, 3.8) is 0 Å². The molecular weight excluding hydrogens is 152 g/mol. The fourth-order valence-corrected chi connectivity index (χ4v) is 0.421. The van der Waals surface area contributed by atoms with Crippen molar-refractivity contribution in [2.24, 2.45) is 0 Å². The fourth-order valence-electron chi connectivity index (χ4n) is 0.421. The maximum atomic E-state index is 10.7. The van der Waals surface area contributed by atoms with Gasteiger partial charge in [-0.05, 0) is 6.92 Å². The molecule has 0 saturated carbocycles. The highest BCUT2D eigenvalue weighted by molar-refractivity contribution is 5.89. The lowest BCUT2D eigenvalue weighted by Gasteiger charge is -2.01. The third-order valence-corrected chi connectivity index (χ3v) is 0.839.